The minimum Gasteiger partial charge on any atom is -0.448 e. The van der Waals surface area contributed by atoms with Crippen LogP contribution in [0.25, 0.3) is 16.8 Å². The summed E-state index contributed by atoms with van der Waals surface area (Å²) in [7, 11) is 0. The Bertz CT molecular complexity index is 1240. The number of nitriles is 1. The molecule has 0 fully saturated rings. The Balaban J connectivity index is 1.36. The maximum absolute atomic E-state index is 12.5. The molecular weight excluding hydrogens is 366 g/mol. The number of anilines is 1. The van der Waals surface area contributed by atoms with E-state index in [9.17, 15) is 4.79 Å². The van der Waals surface area contributed by atoms with E-state index in [1.807, 2.05) is 30.3 Å². The molecule has 140 valence electrons. The molecule has 1 N–H and O–H groups in total. The van der Waals surface area contributed by atoms with Gasteiger partial charge in [-0.15, -0.1) is 0 Å². The van der Waals surface area contributed by atoms with Crippen LogP contribution in [0.3, 0.4) is 0 Å². The van der Waals surface area contributed by atoms with Gasteiger partial charge in [0.2, 0.25) is 0 Å². The zero-order valence-electron chi connectivity index (χ0n) is 15.2. The van der Waals surface area contributed by atoms with Crippen LogP contribution < -0.4 is 5.32 Å². The van der Waals surface area contributed by atoms with Gasteiger partial charge in [0.25, 0.3) is 0 Å². The van der Waals surface area contributed by atoms with Gasteiger partial charge >= 0.3 is 6.09 Å². The van der Waals surface area contributed by atoms with Crippen molar-refractivity contribution in [3.63, 3.8) is 0 Å². The second kappa shape index (κ2) is 6.77. The molecule has 2 aromatic heterocycles. The van der Waals surface area contributed by atoms with E-state index in [0.29, 0.717) is 17.0 Å². The van der Waals surface area contributed by atoms with Crippen LogP contribution in [0.1, 0.15) is 22.6 Å². The summed E-state index contributed by atoms with van der Waals surface area (Å²) in [5.74, 6) is 0.370. The minimum absolute atomic E-state index is 0.0134. The molecule has 1 aliphatic carbocycles. The van der Waals surface area contributed by atoms with Gasteiger partial charge in [0.15, 0.2) is 5.65 Å². The SMILES string of the molecule is N#Cc1cnn2c(NC(=O)OCC3c4ccccc4-c4ccccc43)ccnc12. The van der Waals surface area contributed by atoms with E-state index in [1.54, 1.807) is 6.07 Å². The van der Waals surface area contributed by atoms with Crippen LogP contribution >= 0.6 is 0 Å². The summed E-state index contributed by atoms with van der Waals surface area (Å²) < 4.78 is 6.95. The van der Waals surface area contributed by atoms with Crippen molar-refractivity contribution >= 4 is 17.6 Å². The molecule has 0 radical (unpaired) electrons. The summed E-state index contributed by atoms with van der Waals surface area (Å²) in [6, 6.07) is 20.0. The standard InChI is InChI=1S/C22H15N5O2/c23-11-14-12-25-27-20(9-10-24-21(14)27)26-22(28)29-13-19-17-7-3-1-5-15(17)16-6-2-4-8-18(16)19/h1-10,12,19H,13H2,(H,26,28). The highest BCUT2D eigenvalue weighted by Gasteiger charge is 2.29. The summed E-state index contributed by atoms with van der Waals surface area (Å²) in [4.78, 5) is 16.6. The molecule has 0 saturated heterocycles. The van der Waals surface area contributed by atoms with Crippen molar-refractivity contribution in [2.75, 3.05) is 11.9 Å². The number of hydrogen-bond acceptors (Lipinski definition) is 5. The van der Waals surface area contributed by atoms with Gasteiger partial charge in [0.05, 0.1) is 6.20 Å². The zero-order valence-corrected chi connectivity index (χ0v) is 15.2. The Morgan fingerprint density at radius 1 is 1.10 bits per heavy atom. The number of carbonyl (C=O) groups excluding carboxylic acids is 1. The first kappa shape index (κ1) is 17.0. The number of nitrogens with one attached hydrogen (secondary N) is 1. The lowest BCUT2D eigenvalue weighted by Gasteiger charge is -2.14. The highest BCUT2D eigenvalue weighted by atomic mass is 16.5. The predicted molar refractivity (Wildman–Crippen MR) is 106 cm³/mol. The van der Waals surface area contributed by atoms with E-state index in [1.165, 1.54) is 28.0 Å². The maximum atomic E-state index is 12.5. The quantitative estimate of drug-likeness (QED) is 0.580. The highest BCUT2D eigenvalue weighted by molar-refractivity contribution is 5.84. The number of nitrogens with zero attached hydrogens (tertiary/aromatic N) is 4. The van der Waals surface area contributed by atoms with Crippen LogP contribution in [0.15, 0.2) is 67.0 Å². The average molecular weight is 381 g/mol. The number of hydrogen-bond donors (Lipinski definition) is 1. The van der Waals surface area contributed by atoms with Gasteiger partial charge in [-0.2, -0.15) is 14.9 Å². The third-order valence-corrected chi connectivity index (χ3v) is 5.10. The van der Waals surface area contributed by atoms with Crippen molar-refractivity contribution in [1.82, 2.24) is 14.6 Å². The van der Waals surface area contributed by atoms with E-state index in [2.05, 4.69) is 39.7 Å². The molecule has 7 nitrogen and oxygen atoms in total. The number of carbonyl (C=O) groups is 1. The lowest BCUT2D eigenvalue weighted by molar-refractivity contribution is 0.158. The molecule has 7 heteroatoms. The van der Waals surface area contributed by atoms with Gasteiger partial charge in [0, 0.05) is 12.1 Å². The lowest BCUT2D eigenvalue weighted by atomic mass is 9.98. The number of ether oxygens (including phenoxy) is 1. The molecule has 0 bridgehead atoms. The van der Waals surface area contributed by atoms with Crippen molar-refractivity contribution in [2.45, 2.75) is 5.92 Å². The molecule has 5 rings (SSSR count). The van der Waals surface area contributed by atoms with Crippen molar-refractivity contribution < 1.29 is 9.53 Å². The largest absolute Gasteiger partial charge is 0.448 e. The Labute approximate surface area is 166 Å². The minimum atomic E-state index is -0.589. The first-order chi connectivity index (χ1) is 14.3. The summed E-state index contributed by atoms with van der Waals surface area (Å²) in [6.07, 6.45) is 2.33. The first-order valence-electron chi connectivity index (χ1n) is 9.11. The molecular formula is C22H15N5O2. The molecule has 2 aromatic carbocycles. The Morgan fingerprint density at radius 2 is 1.79 bits per heavy atom. The van der Waals surface area contributed by atoms with Crippen molar-refractivity contribution in [3.05, 3.63) is 83.7 Å². The highest BCUT2D eigenvalue weighted by Crippen LogP contribution is 2.44. The van der Waals surface area contributed by atoms with Crippen LogP contribution in [0.4, 0.5) is 10.6 Å². The number of fused-ring (bicyclic) bond motifs is 4. The van der Waals surface area contributed by atoms with Crippen LogP contribution in [0.2, 0.25) is 0 Å². The van der Waals surface area contributed by atoms with Crippen molar-refractivity contribution in [3.8, 4) is 17.2 Å². The number of benzene rings is 2. The zero-order chi connectivity index (χ0) is 19.8. The van der Waals surface area contributed by atoms with Gasteiger partial charge in [-0.25, -0.2) is 9.78 Å². The maximum Gasteiger partial charge on any atom is 0.412 e. The number of rotatable bonds is 3. The smallest absolute Gasteiger partial charge is 0.412 e. The topological polar surface area (TPSA) is 92.3 Å². The van der Waals surface area contributed by atoms with E-state index in [-0.39, 0.29) is 12.5 Å². The fourth-order valence-corrected chi connectivity index (χ4v) is 3.80. The summed E-state index contributed by atoms with van der Waals surface area (Å²) in [5, 5.41) is 15.9. The molecule has 1 aliphatic rings. The van der Waals surface area contributed by atoms with Crippen molar-refractivity contribution in [1.29, 1.82) is 5.26 Å². The molecule has 0 saturated carbocycles. The molecule has 0 aliphatic heterocycles. The normalized spacial score (nSPS) is 12.2. The van der Waals surface area contributed by atoms with Gasteiger partial charge in [0.1, 0.15) is 24.1 Å². The van der Waals surface area contributed by atoms with E-state index in [4.69, 9.17) is 10.00 Å². The fraction of sp³-hybridized carbons (Fsp3) is 0.0909. The monoisotopic (exact) mass is 381 g/mol. The van der Waals surface area contributed by atoms with Crippen LogP contribution in [0.5, 0.6) is 0 Å². The second-order valence-electron chi connectivity index (χ2n) is 6.69. The number of amides is 1. The fourth-order valence-electron chi connectivity index (χ4n) is 3.80. The summed E-state index contributed by atoms with van der Waals surface area (Å²) in [6.45, 7) is 0.219. The third-order valence-electron chi connectivity index (χ3n) is 5.10. The molecule has 0 atom stereocenters. The molecule has 0 spiro atoms. The number of aromatic nitrogens is 3. The Morgan fingerprint density at radius 3 is 2.48 bits per heavy atom. The van der Waals surface area contributed by atoms with E-state index in [0.717, 1.165) is 11.1 Å². The first-order valence-corrected chi connectivity index (χ1v) is 9.11. The second-order valence-corrected chi connectivity index (χ2v) is 6.69. The average Bonchev–Trinajstić information content (AvgIpc) is 3.32. The van der Waals surface area contributed by atoms with Crippen LogP contribution in [0, 0.1) is 11.3 Å². The lowest BCUT2D eigenvalue weighted by Crippen LogP contribution is -2.19. The van der Waals surface area contributed by atoms with E-state index >= 15 is 0 Å². The van der Waals surface area contributed by atoms with Gasteiger partial charge in [-0.3, -0.25) is 5.32 Å². The van der Waals surface area contributed by atoms with Crippen molar-refractivity contribution in [2.24, 2.45) is 0 Å². The van der Waals surface area contributed by atoms with Crippen LogP contribution in [-0.2, 0) is 4.74 Å². The third kappa shape index (κ3) is 2.78. The summed E-state index contributed by atoms with van der Waals surface area (Å²) >= 11 is 0. The molecule has 0 unspecified atom stereocenters. The molecule has 1 amide bonds. The molecule has 29 heavy (non-hydrogen) atoms. The van der Waals surface area contributed by atoms with Gasteiger partial charge in [-0.05, 0) is 28.3 Å². The van der Waals surface area contributed by atoms with Crippen LogP contribution in [-0.4, -0.2) is 27.3 Å². The van der Waals surface area contributed by atoms with Gasteiger partial charge in [-0.1, -0.05) is 48.5 Å². The summed E-state index contributed by atoms with van der Waals surface area (Å²) in [5.41, 5.74) is 5.37. The Hall–Kier alpha value is -4.18. The molecule has 4 aromatic rings. The molecule has 2 heterocycles. The van der Waals surface area contributed by atoms with Gasteiger partial charge < -0.3 is 4.74 Å². The Kier molecular flexibility index (Phi) is 3.96. The predicted octanol–water partition coefficient (Wildman–Crippen LogP) is 3.96. The van der Waals surface area contributed by atoms with E-state index < -0.39 is 6.09 Å².